The van der Waals surface area contributed by atoms with Crippen LogP contribution in [0.4, 0.5) is 4.79 Å². The van der Waals surface area contributed by atoms with Crippen molar-refractivity contribution in [1.29, 1.82) is 0 Å². The van der Waals surface area contributed by atoms with Crippen molar-refractivity contribution in [2.75, 3.05) is 33.2 Å². The summed E-state index contributed by atoms with van der Waals surface area (Å²) in [4.78, 5) is 28.7. The second-order valence-corrected chi connectivity index (χ2v) is 7.44. The highest BCUT2D eigenvalue weighted by Crippen LogP contribution is 2.19. The van der Waals surface area contributed by atoms with Crippen molar-refractivity contribution in [2.45, 2.75) is 38.3 Å². The highest BCUT2D eigenvalue weighted by atomic mass is 16.2. The summed E-state index contributed by atoms with van der Waals surface area (Å²) in [6.45, 7) is 3.82. The predicted octanol–water partition coefficient (Wildman–Crippen LogP) is 1.82. The van der Waals surface area contributed by atoms with E-state index in [4.69, 9.17) is 0 Å². The number of urea groups is 1. The fraction of sp³-hybridized carbons (Fsp3) is 0.600. The van der Waals surface area contributed by atoms with Crippen LogP contribution in [0.2, 0.25) is 0 Å². The van der Waals surface area contributed by atoms with E-state index in [1.165, 1.54) is 0 Å². The minimum absolute atomic E-state index is 0.0282. The van der Waals surface area contributed by atoms with Crippen LogP contribution in [0.5, 0.6) is 0 Å². The fourth-order valence-corrected chi connectivity index (χ4v) is 3.79. The minimum Gasteiger partial charge on any atom is -0.352 e. The zero-order chi connectivity index (χ0) is 18.4. The molecule has 0 bridgehead atoms. The van der Waals surface area contributed by atoms with E-state index in [9.17, 15) is 9.59 Å². The number of likely N-dealkylation sites (tertiary alicyclic amines) is 1. The number of nitrogens with zero attached hydrogens (tertiary/aromatic N) is 2. The molecule has 0 spiro atoms. The van der Waals surface area contributed by atoms with E-state index >= 15 is 0 Å². The van der Waals surface area contributed by atoms with Crippen LogP contribution in [0.3, 0.4) is 0 Å². The van der Waals surface area contributed by atoms with Gasteiger partial charge in [-0.25, -0.2) is 4.79 Å². The maximum absolute atomic E-state index is 12.6. The molecule has 0 aromatic heterocycles. The first-order valence-electron chi connectivity index (χ1n) is 9.68. The van der Waals surface area contributed by atoms with Gasteiger partial charge in [0, 0.05) is 45.2 Å². The van der Waals surface area contributed by atoms with Gasteiger partial charge in [-0.1, -0.05) is 30.3 Å². The van der Waals surface area contributed by atoms with Crippen molar-refractivity contribution in [3.8, 4) is 0 Å². The van der Waals surface area contributed by atoms with Crippen molar-refractivity contribution in [3.63, 3.8) is 0 Å². The van der Waals surface area contributed by atoms with Gasteiger partial charge in [-0.15, -0.1) is 0 Å². The molecule has 26 heavy (non-hydrogen) atoms. The molecular weight excluding hydrogens is 328 g/mol. The van der Waals surface area contributed by atoms with Crippen LogP contribution in [0, 0.1) is 5.92 Å². The molecule has 3 amide bonds. The van der Waals surface area contributed by atoms with E-state index in [-0.39, 0.29) is 23.9 Å². The summed E-state index contributed by atoms with van der Waals surface area (Å²) in [6, 6.07) is 10.3. The largest absolute Gasteiger partial charge is 0.352 e. The van der Waals surface area contributed by atoms with Crippen LogP contribution < -0.4 is 10.6 Å². The molecule has 0 radical (unpaired) electrons. The van der Waals surface area contributed by atoms with Crippen molar-refractivity contribution < 1.29 is 9.59 Å². The molecule has 6 nitrogen and oxygen atoms in total. The smallest absolute Gasteiger partial charge is 0.320 e. The Morgan fingerprint density at radius 1 is 1.19 bits per heavy atom. The lowest BCUT2D eigenvalue weighted by molar-refractivity contribution is -0.127. The topological polar surface area (TPSA) is 64.7 Å². The van der Waals surface area contributed by atoms with Crippen LogP contribution in [-0.4, -0.2) is 61.0 Å². The van der Waals surface area contributed by atoms with E-state index in [0.717, 1.165) is 44.3 Å². The Hall–Kier alpha value is -2.08. The first-order valence-corrected chi connectivity index (χ1v) is 9.68. The van der Waals surface area contributed by atoms with Gasteiger partial charge in [-0.3, -0.25) is 4.79 Å². The normalized spacial score (nSPS) is 21.3. The van der Waals surface area contributed by atoms with E-state index in [2.05, 4.69) is 10.6 Å². The summed E-state index contributed by atoms with van der Waals surface area (Å²) in [7, 11) is 1.84. The Kier molecular flexibility index (Phi) is 6.50. The van der Waals surface area contributed by atoms with Gasteiger partial charge in [0.05, 0.1) is 0 Å². The molecule has 1 atom stereocenters. The number of rotatable bonds is 4. The van der Waals surface area contributed by atoms with Gasteiger partial charge in [0.2, 0.25) is 5.91 Å². The summed E-state index contributed by atoms with van der Waals surface area (Å²) in [5, 5.41) is 6.50. The number of piperidine rings is 2. The predicted molar refractivity (Wildman–Crippen MR) is 102 cm³/mol. The molecule has 0 saturated carbocycles. The van der Waals surface area contributed by atoms with Crippen LogP contribution in [0.25, 0.3) is 0 Å². The second kappa shape index (κ2) is 9.03. The van der Waals surface area contributed by atoms with Gasteiger partial charge < -0.3 is 20.4 Å². The molecule has 2 N–H and O–H groups in total. The fourth-order valence-electron chi connectivity index (χ4n) is 3.79. The minimum atomic E-state index is 0.0282. The average molecular weight is 358 g/mol. The lowest BCUT2D eigenvalue weighted by Gasteiger charge is -2.35. The van der Waals surface area contributed by atoms with Gasteiger partial charge in [0.15, 0.2) is 0 Å². The van der Waals surface area contributed by atoms with Gasteiger partial charge in [-0.05, 0) is 37.8 Å². The summed E-state index contributed by atoms with van der Waals surface area (Å²) in [5.41, 5.74) is 1.12. The third-order valence-electron chi connectivity index (χ3n) is 5.37. The lowest BCUT2D eigenvalue weighted by atomic mass is 9.95. The average Bonchev–Trinajstić information content (AvgIpc) is 2.69. The Morgan fingerprint density at radius 3 is 2.58 bits per heavy atom. The molecule has 6 heteroatoms. The Bertz CT molecular complexity index is 593. The van der Waals surface area contributed by atoms with Gasteiger partial charge >= 0.3 is 6.03 Å². The Morgan fingerprint density at radius 2 is 1.92 bits per heavy atom. The van der Waals surface area contributed by atoms with Crippen molar-refractivity contribution in [1.82, 2.24) is 20.4 Å². The molecule has 0 unspecified atom stereocenters. The highest BCUT2D eigenvalue weighted by molar-refractivity contribution is 5.80. The first kappa shape index (κ1) is 18.7. The highest BCUT2D eigenvalue weighted by Gasteiger charge is 2.29. The number of carbonyl (C=O) groups excluding carboxylic acids is 2. The maximum atomic E-state index is 12.6. The molecule has 2 saturated heterocycles. The van der Waals surface area contributed by atoms with Gasteiger partial charge in [-0.2, -0.15) is 0 Å². The molecule has 1 aromatic carbocycles. The van der Waals surface area contributed by atoms with E-state index in [1.807, 2.05) is 42.3 Å². The molecule has 2 fully saturated rings. The summed E-state index contributed by atoms with van der Waals surface area (Å²) in [5.74, 6) is 0.184. The number of carbonyl (C=O) groups is 2. The summed E-state index contributed by atoms with van der Waals surface area (Å²) < 4.78 is 0. The molecule has 2 heterocycles. The van der Waals surface area contributed by atoms with Gasteiger partial charge in [0.1, 0.15) is 0 Å². The van der Waals surface area contributed by atoms with E-state index in [1.54, 1.807) is 4.90 Å². The van der Waals surface area contributed by atoms with Gasteiger partial charge in [0.25, 0.3) is 0 Å². The Labute approximate surface area is 155 Å². The third-order valence-corrected chi connectivity index (χ3v) is 5.37. The lowest BCUT2D eigenvalue weighted by Crippen LogP contribution is -2.50. The standard InChI is InChI=1S/C20H30N4O2/c1-23(15-16-6-3-2-4-7-16)20(26)24-12-9-17(10-13-24)19(25)22-18-8-5-11-21-14-18/h2-4,6-7,17-18,21H,5,8-15H2,1H3,(H,22,25)/t18-/m0/s1. The number of hydrogen-bond acceptors (Lipinski definition) is 3. The number of benzene rings is 1. The molecule has 2 aliphatic heterocycles. The van der Waals surface area contributed by atoms with E-state index < -0.39 is 0 Å². The monoisotopic (exact) mass is 358 g/mol. The molecule has 0 aliphatic carbocycles. The molecule has 1 aromatic rings. The maximum Gasteiger partial charge on any atom is 0.320 e. The van der Waals surface area contributed by atoms with Crippen molar-refractivity contribution in [2.24, 2.45) is 5.92 Å². The van der Waals surface area contributed by atoms with Crippen LogP contribution >= 0.6 is 0 Å². The molecule has 142 valence electrons. The van der Waals surface area contributed by atoms with E-state index in [0.29, 0.717) is 19.6 Å². The number of nitrogens with one attached hydrogen (secondary N) is 2. The molecule has 3 rings (SSSR count). The second-order valence-electron chi connectivity index (χ2n) is 7.44. The number of amides is 3. The first-order chi connectivity index (χ1) is 12.6. The molecule has 2 aliphatic rings. The van der Waals surface area contributed by atoms with Crippen molar-refractivity contribution >= 4 is 11.9 Å². The number of hydrogen-bond donors (Lipinski definition) is 2. The van der Waals surface area contributed by atoms with Crippen molar-refractivity contribution in [3.05, 3.63) is 35.9 Å². The summed E-state index contributed by atoms with van der Waals surface area (Å²) in [6.07, 6.45) is 3.67. The zero-order valence-corrected chi connectivity index (χ0v) is 15.6. The molecular formula is C20H30N4O2. The summed E-state index contributed by atoms with van der Waals surface area (Å²) >= 11 is 0. The van der Waals surface area contributed by atoms with Crippen LogP contribution in [0.1, 0.15) is 31.2 Å². The quantitative estimate of drug-likeness (QED) is 0.863. The van der Waals surface area contributed by atoms with Crippen LogP contribution in [0.15, 0.2) is 30.3 Å². The SMILES string of the molecule is CN(Cc1ccccc1)C(=O)N1CCC(C(=O)N[C@H]2CCCNC2)CC1. The Balaban J connectivity index is 1.43. The van der Waals surface area contributed by atoms with Crippen LogP contribution in [-0.2, 0) is 11.3 Å². The third kappa shape index (κ3) is 4.97. The zero-order valence-electron chi connectivity index (χ0n) is 15.6.